The minimum absolute atomic E-state index is 0.0686. The lowest BCUT2D eigenvalue weighted by Crippen LogP contribution is -2.22. The summed E-state index contributed by atoms with van der Waals surface area (Å²) in [5, 5.41) is 21.0. The predicted molar refractivity (Wildman–Crippen MR) is 156 cm³/mol. The van der Waals surface area contributed by atoms with Crippen LogP contribution in [0.3, 0.4) is 0 Å². The zero-order valence-electron chi connectivity index (χ0n) is 21.5. The summed E-state index contributed by atoms with van der Waals surface area (Å²) in [6.07, 6.45) is 3.73. The number of halogens is 1. The summed E-state index contributed by atoms with van der Waals surface area (Å²) in [4.78, 5) is 12.7. The Hall–Kier alpha value is -4.42. The van der Waals surface area contributed by atoms with E-state index in [1.165, 1.54) is 36.4 Å². The fourth-order valence-corrected chi connectivity index (χ4v) is 5.86. The van der Waals surface area contributed by atoms with Crippen LogP contribution >= 0.6 is 11.6 Å². The summed E-state index contributed by atoms with van der Waals surface area (Å²) in [7, 11) is -4.23. The number of hydrazone groups is 1. The zero-order valence-corrected chi connectivity index (χ0v) is 23.1. The predicted octanol–water partition coefficient (Wildman–Crippen LogP) is 5.59. The van der Waals surface area contributed by atoms with Gasteiger partial charge in [-0.05, 0) is 62.2 Å². The molecule has 13 heteroatoms. The van der Waals surface area contributed by atoms with Gasteiger partial charge in [-0.2, -0.15) is 10.2 Å². The number of para-hydroxylation sites is 1. The molecule has 1 saturated heterocycles. The minimum Gasteiger partial charge on any atom is -0.356 e. The third-order valence-electron chi connectivity index (χ3n) is 6.43. The van der Waals surface area contributed by atoms with Crippen molar-refractivity contribution >= 4 is 50.7 Å². The number of benzene rings is 3. The van der Waals surface area contributed by atoms with Crippen LogP contribution in [0.25, 0.3) is 5.69 Å². The molecule has 0 bridgehead atoms. The van der Waals surface area contributed by atoms with E-state index < -0.39 is 14.9 Å². The number of hydrogen-bond acceptors (Lipinski definition) is 8. The van der Waals surface area contributed by atoms with E-state index in [0.29, 0.717) is 5.02 Å². The van der Waals surface area contributed by atoms with Crippen molar-refractivity contribution < 1.29 is 13.3 Å². The van der Waals surface area contributed by atoms with Crippen LogP contribution in [0, 0.1) is 17.0 Å². The van der Waals surface area contributed by atoms with Crippen LogP contribution in [0.2, 0.25) is 5.02 Å². The van der Waals surface area contributed by atoms with E-state index in [0.717, 1.165) is 54.8 Å². The average Bonchev–Trinajstić information content (AvgIpc) is 3.58. The third-order valence-corrected chi connectivity index (χ3v) is 8.10. The molecule has 0 saturated carbocycles. The number of rotatable bonds is 9. The number of hydrogen-bond donors (Lipinski definition) is 2. The molecule has 0 atom stereocenters. The molecule has 0 unspecified atom stereocenters. The smallest absolute Gasteiger partial charge is 0.270 e. The highest BCUT2D eigenvalue weighted by atomic mass is 35.5. The Balaban J connectivity index is 1.49. The minimum atomic E-state index is -4.23. The molecular formula is C27H26ClN7O4S. The lowest BCUT2D eigenvalue weighted by molar-refractivity contribution is -0.385. The molecule has 4 aromatic rings. The number of aromatic nitrogens is 2. The summed E-state index contributed by atoms with van der Waals surface area (Å²) in [6.45, 7) is 3.65. The van der Waals surface area contributed by atoms with Crippen molar-refractivity contribution in [3.63, 3.8) is 0 Å². The van der Waals surface area contributed by atoms with Gasteiger partial charge in [-0.25, -0.2) is 13.1 Å². The summed E-state index contributed by atoms with van der Waals surface area (Å²) in [5.74, 6) is 0.896. The van der Waals surface area contributed by atoms with Gasteiger partial charge in [0, 0.05) is 35.9 Å². The highest BCUT2D eigenvalue weighted by molar-refractivity contribution is 7.92. The van der Waals surface area contributed by atoms with Gasteiger partial charge < -0.3 is 4.90 Å². The van der Waals surface area contributed by atoms with Crippen LogP contribution in [-0.2, 0) is 10.0 Å². The lowest BCUT2D eigenvalue weighted by Gasteiger charge is -2.20. The first kappa shape index (κ1) is 27.2. The monoisotopic (exact) mass is 579 g/mol. The standard InChI is InChI=1S/C27H26ClN7O4S/c1-19-24(27(33-15-5-6-16-33)34(31-19)22-7-3-2-4-8-22)18-29-30-25-14-13-23(35(36)37)17-26(25)40(38,39)32-21-11-9-20(28)10-12-21/h2-4,7-14,17-18,30,32H,5-6,15-16H2,1H3/b29-18+. The molecule has 0 aliphatic carbocycles. The molecule has 1 aromatic heterocycles. The molecule has 2 N–H and O–H groups in total. The first-order chi connectivity index (χ1) is 19.2. The first-order valence-corrected chi connectivity index (χ1v) is 14.3. The molecule has 2 heterocycles. The van der Waals surface area contributed by atoms with E-state index in [9.17, 15) is 18.5 Å². The van der Waals surface area contributed by atoms with Gasteiger partial charge in [-0.1, -0.05) is 29.8 Å². The lowest BCUT2D eigenvalue weighted by atomic mass is 10.2. The molecule has 0 radical (unpaired) electrons. The summed E-state index contributed by atoms with van der Waals surface area (Å²) in [5.41, 5.74) is 5.17. The Morgan fingerprint density at radius 3 is 2.42 bits per heavy atom. The number of nitro benzene ring substituents is 1. The van der Waals surface area contributed by atoms with Crippen LogP contribution in [0.1, 0.15) is 24.1 Å². The SMILES string of the molecule is Cc1nn(-c2ccccc2)c(N2CCCC2)c1/C=N/Nc1ccc([N+](=O)[O-])cc1S(=O)(=O)Nc1ccc(Cl)cc1. The molecule has 1 fully saturated rings. The highest BCUT2D eigenvalue weighted by Gasteiger charge is 2.25. The molecule has 3 aromatic carbocycles. The van der Waals surface area contributed by atoms with Crippen LogP contribution in [0.5, 0.6) is 0 Å². The molecule has 5 rings (SSSR count). The van der Waals surface area contributed by atoms with Crippen LogP contribution in [0.15, 0.2) is 82.8 Å². The maximum Gasteiger partial charge on any atom is 0.270 e. The summed E-state index contributed by atoms with van der Waals surface area (Å²) >= 11 is 5.90. The second-order valence-electron chi connectivity index (χ2n) is 9.18. The molecular weight excluding hydrogens is 554 g/mol. The number of aryl methyl sites for hydroxylation is 1. The van der Waals surface area contributed by atoms with Gasteiger partial charge in [0.1, 0.15) is 10.7 Å². The highest BCUT2D eigenvalue weighted by Crippen LogP contribution is 2.31. The third kappa shape index (κ3) is 5.77. The molecule has 206 valence electrons. The Morgan fingerprint density at radius 1 is 1.05 bits per heavy atom. The second-order valence-corrected chi connectivity index (χ2v) is 11.3. The van der Waals surface area contributed by atoms with Crippen molar-refractivity contribution in [2.75, 3.05) is 28.1 Å². The van der Waals surface area contributed by atoms with Crippen molar-refractivity contribution in [1.29, 1.82) is 0 Å². The Bertz CT molecular complexity index is 1670. The summed E-state index contributed by atoms with van der Waals surface area (Å²) in [6, 6.07) is 19.4. The molecule has 1 aliphatic heterocycles. The Kier molecular flexibility index (Phi) is 7.71. The molecule has 0 spiro atoms. The van der Waals surface area contributed by atoms with Gasteiger partial charge in [0.2, 0.25) is 0 Å². The fraction of sp³-hybridized carbons (Fsp3) is 0.185. The normalized spacial score (nSPS) is 13.6. The molecule has 0 amide bonds. The van der Waals surface area contributed by atoms with E-state index in [1.54, 1.807) is 6.21 Å². The van der Waals surface area contributed by atoms with Crippen molar-refractivity contribution in [3.8, 4) is 5.69 Å². The Morgan fingerprint density at radius 2 is 1.75 bits per heavy atom. The van der Waals surface area contributed by atoms with Crippen molar-refractivity contribution in [3.05, 3.63) is 99.2 Å². The number of sulfonamides is 1. The van der Waals surface area contributed by atoms with Crippen molar-refractivity contribution in [2.45, 2.75) is 24.7 Å². The molecule has 40 heavy (non-hydrogen) atoms. The topological polar surface area (TPSA) is 135 Å². The van der Waals surface area contributed by atoms with Gasteiger partial charge in [-0.15, -0.1) is 0 Å². The largest absolute Gasteiger partial charge is 0.356 e. The molecule has 1 aliphatic rings. The van der Waals surface area contributed by atoms with Gasteiger partial charge in [0.15, 0.2) is 0 Å². The van der Waals surface area contributed by atoms with E-state index >= 15 is 0 Å². The fourth-order valence-electron chi connectivity index (χ4n) is 4.49. The van der Waals surface area contributed by atoms with Crippen LogP contribution < -0.4 is 15.0 Å². The van der Waals surface area contributed by atoms with E-state index in [4.69, 9.17) is 16.7 Å². The number of nitrogens with one attached hydrogen (secondary N) is 2. The second kappa shape index (κ2) is 11.4. The number of non-ortho nitro benzene ring substituents is 1. The average molecular weight is 580 g/mol. The van der Waals surface area contributed by atoms with E-state index in [2.05, 4.69) is 20.1 Å². The summed E-state index contributed by atoms with van der Waals surface area (Å²) < 4.78 is 30.9. The maximum atomic E-state index is 13.3. The number of nitrogens with zero attached hydrogens (tertiary/aromatic N) is 5. The first-order valence-electron chi connectivity index (χ1n) is 12.5. The van der Waals surface area contributed by atoms with E-state index in [-0.39, 0.29) is 22.0 Å². The van der Waals surface area contributed by atoms with Gasteiger partial charge >= 0.3 is 0 Å². The van der Waals surface area contributed by atoms with Crippen LogP contribution in [-0.4, -0.2) is 42.4 Å². The van der Waals surface area contributed by atoms with Gasteiger partial charge in [-0.3, -0.25) is 20.3 Å². The van der Waals surface area contributed by atoms with Crippen LogP contribution in [0.4, 0.5) is 22.9 Å². The van der Waals surface area contributed by atoms with E-state index in [1.807, 2.05) is 41.9 Å². The zero-order chi connectivity index (χ0) is 28.3. The Labute approximate surface area is 236 Å². The van der Waals surface area contributed by atoms with Gasteiger partial charge in [0.25, 0.3) is 15.7 Å². The molecule has 11 nitrogen and oxygen atoms in total. The maximum absolute atomic E-state index is 13.3. The number of anilines is 3. The van der Waals surface area contributed by atoms with Crippen molar-refractivity contribution in [2.24, 2.45) is 5.10 Å². The van der Waals surface area contributed by atoms with Crippen molar-refractivity contribution in [1.82, 2.24) is 9.78 Å². The van der Waals surface area contributed by atoms with Gasteiger partial charge in [0.05, 0.1) is 33.8 Å². The quantitative estimate of drug-likeness (QED) is 0.150. The number of nitro groups is 1.